The Morgan fingerprint density at radius 1 is 1.07 bits per heavy atom. The molecule has 5 rings (SSSR count). The molecule has 28 heavy (non-hydrogen) atoms. The number of carbonyl (C=O) groups excluding carboxylic acids is 1. The van der Waals surface area contributed by atoms with Crippen molar-refractivity contribution in [2.75, 3.05) is 0 Å². The van der Waals surface area contributed by atoms with Gasteiger partial charge in [0.1, 0.15) is 6.10 Å². The molecule has 0 radical (unpaired) electrons. The summed E-state index contributed by atoms with van der Waals surface area (Å²) in [5.74, 6) is 1.11. The summed E-state index contributed by atoms with van der Waals surface area (Å²) in [5, 5.41) is 1.38. The number of carbonyl (C=O) groups is 1. The molecule has 1 aliphatic heterocycles. The summed E-state index contributed by atoms with van der Waals surface area (Å²) < 4.78 is 8.48. The molecule has 2 saturated carbocycles. The standard InChI is InChI=1S/C25H33NO2/c1-16(27)28-22-11-12-24(4)20(23(22,2)3)10-13-25(5)21(24)15-18-14-17-8-6-7-9-19(17)26(18)25/h6-9,14,20-22H,10-13,15H2,1-5H3. The first-order chi connectivity index (χ1) is 13.2. The number of para-hydroxylation sites is 1. The lowest BCUT2D eigenvalue weighted by molar-refractivity contribution is -0.185. The maximum Gasteiger partial charge on any atom is 0.302 e. The third kappa shape index (κ3) is 2.19. The van der Waals surface area contributed by atoms with Crippen LogP contribution in [0.1, 0.15) is 66.0 Å². The van der Waals surface area contributed by atoms with E-state index in [0.717, 1.165) is 12.8 Å². The van der Waals surface area contributed by atoms with E-state index in [-0.39, 0.29) is 28.4 Å². The summed E-state index contributed by atoms with van der Waals surface area (Å²) in [6, 6.07) is 11.3. The van der Waals surface area contributed by atoms with Crippen molar-refractivity contribution in [1.82, 2.24) is 4.57 Å². The van der Waals surface area contributed by atoms with Gasteiger partial charge in [0.2, 0.25) is 0 Å². The van der Waals surface area contributed by atoms with Gasteiger partial charge in [-0.05, 0) is 73.8 Å². The molecule has 5 atom stereocenters. The van der Waals surface area contributed by atoms with Gasteiger partial charge in [-0.15, -0.1) is 0 Å². The van der Waals surface area contributed by atoms with Crippen molar-refractivity contribution in [2.24, 2.45) is 22.7 Å². The van der Waals surface area contributed by atoms with Gasteiger partial charge in [0.05, 0.1) is 0 Å². The van der Waals surface area contributed by atoms with Gasteiger partial charge in [-0.1, -0.05) is 39.0 Å². The van der Waals surface area contributed by atoms with E-state index < -0.39 is 0 Å². The minimum Gasteiger partial charge on any atom is -0.462 e. The molecule has 0 amide bonds. The fourth-order valence-electron chi connectivity index (χ4n) is 7.81. The fraction of sp³-hybridized carbons (Fsp3) is 0.640. The van der Waals surface area contributed by atoms with E-state index in [0.29, 0.717) is 11.8 Å². The van der Waals surface area contributed by atoms with Crippen LogP contribution in [0.2, 0.25) is 0 Å². The molecule has 3 heteroatoms. The lowest BCUT2D eigenvalue weighted by atomic mass is 9.44. The van der Waals surface area contributed by atoms with Crippen LogP contribution in [0.5, 0.6) is 0 Å². The predicted octanol–water partition coefficient (Wildman–Crippen LogP) is 5.70. The topological polar surface area (TPSA) is 31.2 Å². The van der Waals surface area contributed by atoms with Crippen molar-refractivity contribution in [3.05, 3.63) is 36.0 Å². The molecule has 0 spiro atoms. The molecule has 1 aromatic carbocycles. The highest BCUT2D eigenvalue weighted by Gasteiger charge is 2.63. The van der Waals surface area contributed by atoms with Gasteiger partial charge in [-0.2, -0.15) is 0 Å². The molecular weight excluding hydrogens is 346 g/mol. The zero-order valence-corrected chi connectivity index (χ0v) is 17.9. The Morgan fingerprint density at radius 2 is 1.82 bits per heavy atom. The Morgan fingerprint density at radius 3 is 2.57 bits per heavy atom. The molecule has 0 saturated heterocycles. The summed E-state index contributed by atoms with van der Waals surface area (Å²) in [5.41, 5.74) is 3.41. The third-order valence-corrected chi connectivity index (χ3v) is 8.97. The number of aromatic nitrogens is 1. The number of hydrogen-bond acceptors (Lipinski definition) is 2. The van der Waals surface area contributed by atoms with Gasteiger partial charge in [0.15, 0.2) is 0 Å². The van der Waals surface area contributed by atoms with E-state index in [2.05, 4.69) is 62.6 Å². The van der Waals surface area contributed by atoms with Crippen LogP contribution in [0.3, 0.4) is 0 Å². The number of fused-ring (bicyclic) bond motifs is 7. The van der Waals surface area contributed by atoms with Crippen molar-refractivity contribution >= 4 is 16.9 Å². The summed E-state index contributed by atoms with van der Waals surface area (Å²) in [6.45, 7) is 11.3. The number of benzene rings is 1. The zero-order valence-electron chi connectivity index (χ0n) is 17.9. The third-order valence-electron chi connectivity index (χ3n) is 8.97. The quantitative estimate of drug-likeness (QED) is 0.595. The van der Waals surface area contributed by atoms with Gasteiger partial charge < -0.3 is 9.30 Å². The maximum atomic E-state index is 11.7. The molecule has 2 heterocycles. The average molecular weight is 380 g/mol. The molecule has 3 aliphatic rings. The maximum absolute atomic E-state index is 11.7. The van der Waals surface area contributed by atoms with Crippen LogP contribution in [-0.4, -0.2) is 16.6 Å². The molecule has 2 fully saturated rings. The van der Waals surface area contributed by atoms with Crippen molar-refractivity contribution < 1.29 is 9.53 Å². The first-order valence-electron chi connectivity index (χ1n) is 10.9. The molecule has 150 valence electrons. The summed E-state index contributed by atoms with van der Waals surface area (Å²) in [7, 11) is 0. The van der Waals surface area contributed by atoms with Gasteiger partial charge in [-0.3, -0.25) is 4.79 Å². The number of rotatable bonds is 1. The highest BCUT2D eigenvalue weighted by Crippen LogP contribution is 2.66. The van der Waals surface area contributed by atoms with Crippen LogP contribution in [-0.2, 0) is 21.5 Å². The van der Waals surface area contributed by atoms with E-state index in [1.807, 2.05) is 0 Å². The van der Waals surface area contributed by atoms with Crippen LogP contribution < -0.4 is 0 Å². The highest BCUT2D eigenvalue weighted by molar-refractivity contribution is 5.82. The molecule has 2 aromatic rings. The largest absolute Gasteiger partial charge is 0.462 e. The smallest absolute Gasteiger partial charge is 0.302 e. The normalized spacial score (nSPS) is 38.5. The van der Waals surface area contributed by atoms with E-state index in [1.165, 1.54) is 35.9 Å². The molecular formula is C25H33NO2. The average Bonchev–Trinajstić information content (AvgIpc) is 3.13. The van der Waals surface area contributed by atoms with Crippen LogP contribution in [0, 0.1) is 22.7 Å². The Hall–Kier alpha value is -1.77. The summed E-state index contributed by atoms with van der Waals surface area (Å²) >= 11 is 0. The Bertz CT molecular complexity index is 957. The lowest BCUT2D eigenvalue weighted by Gasteiger charge is -2.62. The SMILES string of the molecule is CC(=O)OC1CCC2(C)C(CCC3(C)C2Cc2cc4ccccc4n23)C1(C)C. The van der Waals surface area contributed by atoms with Crippen molar-refractivity contribution in [3.63, 3.8) is 0 Å². The van der Waals surface area contributed by atoms with Crippen LogP contribution in [0.4, 0.5) is 0 Å². The minimum atomic E-state index is -0.134. The second-order valence-corrected chi connectivity index (χ2v) is 10.7. The van der Waals surface area contributed by atoms with E-state index in [9.17, 15) is 4.79 Å². The van der Waals surface area contributed by atoms with Crippen LogP contribution in [0.25, 0.3) is 10.9 Å². The summed E-state index contributed by atoms with van der Waals surface area (Å²) in [6.07, 6.45) is 5.78. The Balaban J connectivity index is 1.56. The lowest BCUT2D eigenvalue weighted by Crippen LogP contribution is -2.60. The van der Waals surface area contributed by atoms with Crippen LogP contribution in [0.15, 0.2) is 30.3 Å². The Kier molecular flexibility index (Phi) is 3.68. The number of nitrogens with zero attached hydrogens (tertiary/aromatic N) is 1. The second-order valence-electron chi connectivity index (χ2n) is 10.7. The molecule has 3 nitrogen and oxygen atoms in total. The number of esters is 1. The van der Waals surface area contributed by atoms with Gasteiger partial charge in [-0.25, -0.2) is 0 Å². The highest BCUT2D eigenvalue weighted by atomic mass is 16.5. The van der Waals surface area contributed by atoms with Gasteiger partial charge in [0, 0.05) is 29.1 Å². The van der Waals surface area contributed by atoms with Crippen molar-refractivity contribution in [2.45, 2.75) is 78.4 Å². The minimum absolute atomic E-state index is 0.0271. The molecule has 1 aromatic heterocycles. The first kappa shape index (κ1) is 18.3. The monoisotopic (exact) mass is 379 g/mol. The fourth-order valence-corrected chi connectivity index (χ4v) is 7.81. The molecule has 2 aliphatic carbocycles. The zero-order chi connectivity index (χ0) is 19.9. The van der Waals surface area contributed by atoms with Gasteiger partial charge in [0.25, 0.3) is 0 Å². The van der Waals surface area contributed by atoms with Crippen molar-refractivity contribution in [1.29, 1.82) is 0 Å². The molecule has 5 unspecified atom stereocenters. The molecule has 0 N–H and O–H groups in total. The number of hydrogen-bond donors (Lipinski definition) is 0. The second kappa shape index (κ2) is 5.64. The van der Waals surface area contributed by atoms with Crippen molar-refractivity contribution in [3.8, 4) is 0 Å². The van der Waals surface area contributed by atoms with Crippen LogP contribution >= 0.6 is 0 Å². The van der Waals surface area contributed by atoms with E-state index in [4.69, 9.17) is 4.74 Å². The molecule has 0 bridgehead atoms. The van der Waals surface area contributed by atoms with Gasteiger partial charge >= 0.3 is 5.97 Å². The van der Waals surface area contributed by atoms with E-state index >= 15 is 0 Å². The Labute approximate surface area is 168 Å². The summed E-state index contributed by atoms with van der Waals surface area (Å²) in [4.78, 5) is 11.7. The predicted molar refractivity (Wildman–Crippen MR) is 112 cm³/mol. The first-order valence-corrected chi connectivity index (χ1v) is 10.9. The number of ether oxygens (including phenoxy) is 1. The van der Waals surface area contributed by atoms with E-state index in [1.54, 1.807) is 6.92 Å².